The van der Waals surface area contributed by atoms with E-state index in [0.717, 1.165) is 37.9 Å². The summed E-state index contributed by atoms with van der Waals surface area (Å²) in [6, 6.07) is 0.658. The average Bonchev–Trinajstić information content (AvgIpc) is 2.85. The first kappa shape index (κ1) is 13.0. The van der Waals surface area contributed by atoms with E-state index in [-0.39, 0.29) is 0 Å². The van der Waals surface area contributed by atoms with Crippen molar-refractivity contribution in [3.8, 4) is 0 Å². The van der Waals surface area contributed by atoms with Crippen molar-refractivity contribution >= 4 is 0 Å². The minimum absolute atomic E-state index is 0.658. The van der Waals surface area contributed by atoms with Crippen molar-refractivity contribution in [2.24, 2.45) is 13.0 Å². The van der Waals surface area contributed by atoms with E-state index in [1.54, 1.807) is 0 Å². The first-order valence-corrected chi connectivity index (χ1v) is 7.50. The number of rotatable bonds is 3. The number of hydrogen-bond donors (Lipinski definition) is 1. The zero-order valence-corrected chi connectivity index (χ0v) is 11.8. The van der Waals surface area contributed by atoms with Crippen LogP contribution in [0.4, 0.5) is 0 Å². The Morgan fingerprint density at radius 3 is 2.84 bits per heavy atom. The van der Waals surface area contributed by atoms with Gasteiger partial charge in [0.25, 0.3) is 0 Å². The van der Waals surface area contributed by atoms with Gasteiger partial charge in [-0.3, -0.25) is 4.90 Å². The molecule has 106 valence electrons. The molecule has 3 rings (SSSR count). The molecule has 1 atom stereocenters. The van der Waals surface area contributed by atoms with Gasteiger partial charge in [0.1, 0.15) is 0 Å². The van der Waals surface area contributed by atoms with Crippen LogP contribution in [0.2, 0.25) is 0 Å². The van der Waals surface area contributed by atoms with Crippen LogP contribution in [-0.2, 0) is 13.6 Å². The summed E-state index contributed by atoms with van der Waals surface area (Å²) in [6.07, 6.45) is 7.05. The molecule has 1 N–H and O–H groups in total. The summed E-state index contributed by atoms with van der Waals surface area (Å²) >= 11 is 0. The van der Waals surface area contributed by atoms with Crippen LogP contribution in [0, 0.1) is 5.92 Å². The van der Waals surface area contributed by atoms with E-state index >= 15 is 0 Å². The molecule has 6 nitrogen and oxygen atoms in total. The lowest BCUT2D eigenvalue weighted by Crippen LogP contribution is -2.53. The van der Waals surface area contributed by atoms with Crippen molar-refractivity contribution in [2.45, 2.75) is 44.7 Å². The molecule has 19 heavy (non-hydrogen) atoms. The minimum atomic E-state index is 0.658. The molecule has 1 saturated heterocycles. The van der Waals surface area contributed by atoms with Crippen molar-refractivity contribution in [1.82, 2.24) is 30.4 Å². The maximum atomic E-state index is 4.27. The molecule has 0 amide bonds. The molecule has 1 saturated carbocycles. The summed E-state index contributed by atoms with van der Waals surface area (Å²) in [4.78, 5) is 4.00. The van der Waals surface area contributed by atoms with E-state index in [2.05, 4.69) is 25.6 Å². The zero-order valence-electron chi connectivity index (χ0n) is 11.8. The third kappa shape index (κ3) is 3.30. The van der Waals surface area contributed by atoms with E-state index in [9.17, 15) is 0 Å². The predicted octanol–water partition coefficient (Wildman–Crippen LogP) is 0.564. The number of aryl methyl sites for hydroxylation is 1. The first-order chi connectivity index (χ1) is 9.31. The van der Waals surface area contributed by atoms with Gasteiger partial charge in [0.05, 0.1) is 13.6 Å². The van der Waals surface area contributed by atoms with Crippen molar-refractivity contribution in [1.29, 1.82) is 0 Å². The number of tetrazole rings is 1. The number of nitrogens with zero attached hydrogens (tertiary/aromatic N) is 5. The summed E-state index contributed by atoms with van der Waals surface area (Å²) in [5, 5.41) is 16.0. The molecule has 0 radical (unpaired) electrons. The minimum Gasteiger partial charge on any atom is -0.311 e. The van der Waals surface area contributed by atoms with Crippen molar-refractivity contribution in [3.05, 3.63) is 5.82 Å². The number of nitrogens with one attached hydrogen (secondary N) is 1. The van der Waals surface area contributed by atoms with Gasteiger partial charge in [-0.15, -0.1) is 10.2 Å². The molecule has 1 aromatic rings. The molecule has 1 aliphatic heterocycles. The lowest BCUT2D eigenvalue weighted by atomic mass is 9.83. The maximum Gasteiger partial charge on any atom is 0.188 e. The Kier molecular flexibility index (Phi) is 4.08. The monoisotopic (exact) mass is 264 g/mol. The Balaban J connectivity index is 1.55. The number of piperazine rings is 1. The third-order valence-corrected chi connectivity index (χ3v) is 4.42. The smallest absolute Gasteiger partial charge is 0.188 e. The zero-order chi connectivity index (χ0) is 13.1. The first-order valence-electron chi connectivity index (χ1n) is 7.50. The van der Waals surface area contributed by atoms with E-state index < -0.39 is 0 Å². The highest BCUT2D eigenvalue weighted by Gasteiger charge is 2.28. The summed E-state index contributed by atoms with van der Waals surface area (Å²) < 4.78 is 0. The SMILES string of the molecule is Cn1nnc(CN2CCNC(C3CCCCC3)C2)n1. The highest BCUT2D eigenvalue weighted by atomic mass is 15.6. The second-order valence-corrected chi connectivity index (χ2v) is 5.89. The van der Waals surface area contributed by atoms with E-state index in [1.165, 1.54) is 36.9 Å². The van der Waals surface area contributed by atoms with Crippen LogP contribution < -0.4 is 5.32 Å². The van der Waals surface area contributed by atoms with Crippen molar-refractivity contribution in [3.63, 3.8) is 0 Å². The van der Waals surface area contributed by atoms with Gasteiger partial charge in [-0.05, 0) is 24.0 Å². The third-order valence-electron chi connectivity index (χ3n) is 4.42. The Labute approximate surface area is 114 Å². The summed E-state index contributed by atoms with van der Waals surface area (Å²) in [5.41, 5.74) is 0. The van der Waals surface area contributed by atoms with Gasteiger partial charge >= 0.3 is 0 Å². The fraction of sp³-hybridized carbons (Fsp3) is 0.923. The largest absolute Gasteiger partial charge is 0.311 e. The quantitative estimate of drug-likeness (QED) is 0.864. The van der Waals surface area contributed by atoms with Gasteiger partial charge in [-0.25, -0.2) is 0 Å². The Morgan fingerprint density at radius 2 is 2.11 bits per heavy atom. The fourth-order valence-electron chi connectivity index (χ4n) is 3.42. The van der Waals surface area contributed by atoms with E-state index in [4.69, 9.17) is 0 Å². The molecule has 2 aliphatic rings. The van der Waals surface area contributed by atoms with E-state index in [0.29, 0.717) is 6.04 Å². The van der Waals surface area contributed by atoms with E-state index in [1.807, 2.05) is 7.05 Å². The van der Waals surface area contributed by atoms with Crippen LogP contribution in [0.1, 0.15) is 37.9 Å². The lowest BCUT2D eigenvalue weighted by Gasteiger charge is -2.38. The molecule has 1 aromatic heterocycles. The number of hydrogen-bond acceptors (Lipinski definition) is 5. The fourth-order valence-corrected chi connectivity index (χ4v) is 3.42. The van der Waals surface area contributed by atoms with Gasteiger partial charge in [0, 0.05) is 25.7 Å². The second kappa shape index (κ2) is 5.96. The molecule has 2 heterocycles. The van der Waals surface area contributed by atoms with Gasteiger partial charge in [-0.2, -0.15) is 4.80 Å². The van der Waals surface area contributed by atoms with Gasteiger partial charge in [-0.1, -0.05) is 19.3 Å². The standard InChI is InChI=1S/C13H24N6/c1-18-16-13(15-17-18)10-19-8-7-14-12(9-19)11-5-3-2-4-6-11/h11-12,14H,2-10H2,1H3. The molecule has 0 spiro atoms. The highest BCUT2D eigenvalue weighted by molar-refractivity contribution is 4.88. The summed E-state index contributed by atoms with van der Waals surface area (Å²) in [6.45, 7) is 4.13. The van der Waals surface area contributed by atoms with Crippen LogP contribution in [0.25, 0.3) is 0 Å². The molecule has 0 bridgehead atoms. The molecular weight excluding hydrogens is 240 g/mol. The summed E-state index contributed by atoms with van der Waals surface area (Å²) in [5.74, 6) is 1.71. The average molecular weight is 264 g/mol. The predicted molar refractivity (Wildman–Crippen MR) is 72.4 cm³/mol. The second-order valence-electron chi connectivity index (χ2n) is 5.89. The Bertz CT molecular complexity index is 398. The highest BCUT2D eigenvalue weighted by Crippen LogP contribution is 2.27. The Hall–Kier alpha value is -1.01. The molecule has 6 heteroatoms. The van der Waals surface area contributed by atoms with Crippen LogP contribution >= 0.6 is 0 Å². The normalized spacial score (nSPS) is 26.7. The molecule has 0 aromatic carbocycles. The lowest BCUT2D eigenvalue weighted by molar-refractivity contribution is 0.138. The Morgan fingerprint density at radius 1 is 1.26 bits per heavy atom. The van der Waals surface area contributed by atoms with Crippen LogP contribution in [0.15, 0.2) is 0 Å². The molecule has 2 fully saturated rings. The van der Waals surface area contributed by atoms with Crippen LogP contribution in [0.3, 0.4) is 0 Å². The molecule has 1 aliphatic carbocycles. The molecule has 1 unspecified atom stereocenters. The topological polar surface area (TPSA) is 58.9 Å². The van der Waals surface area contributed by atoms with Crippen molar-refractivity contribution in [2.75, 3.05) is 19.6 Å². The van der Waals surface area contributed by atoms with Gasteiger partial charge < -0.3 is 5.32 Å². The van der Waals surface area contributed by atoms with Crippen molar-refractivity contribution < 1.29 is 0 Å². The van der Waals surface area contributed by atoms with Gasteiger partial charge in [0.2, 0.25) is 0 Å². The van der Waals surface area contributed by atoms with Crippen LogP contribution in [0.5, 0.6) is 0 Å². The van der Waals surface area contributed by atoms with Crippen LogP contribution in [-0.4, -0.2) is 50.8 Å². The maximum absolute atomic E-state index is 4.27. The van der Waals surface area contributed by atoms with Gasteiger partial charge in [0.15, 0.2) is 5.82 Å². The summed E-state index contributed by atoms with van der Waals surface area (Å²) in [7, 11) is 1.82. The molecular formula is C13H24N6. The number of aromatic nitrogens is 4.